The summed E-state index contributed by atoms with van der Waals surface area (Å²) in [6.07, 6.45) is 2.38. The van der Waals surface area contributed by atoms with Crippen LogP contribution in [0.4, 0.5) is 0 Å². The van der Waals surface area contributed by atoms with Gasteiger partial charge < -0.3 is 19.3 Å². The van der Waals surface area contributed by atoms with Crippen LogP contribution >= 0.6 is 0 Å². The molecule has 0 aliphatic heterocycles. The lowest BCUT2D eigenvalue weighted by molar-refractivity contribution is 0.354. The molecular weight excluding hydrogens is 270 g/mol. The lowest BCUT2D eigenvalue weighted by atomic mass is 10.1. The van der Waals surface area contributed by atoms with Crippen molar-refractivity contribution >= 4 is 0 Å². The normalized spacial score (nSPS) is 10.6. The van der Waals surface area contributed by atoms with Crippen LogP contribution in [-0.2, 0) is 12.8 Å². The van der Waals surface area contributed by atoms with Crippen LogP contribution in [-0.4, -0.2) is 38.0 Å². The van der Waals surface area contributed by atoms with E-state index >= 15 is 0 Å². The van der Waals surface area contributed by atoms with Gasteiger partial charge in [0, 0.05) is 12.8 Å². The van der Waals surface area contributed by atoms with Crippen molar-refractivity contribution in [3.8, 4) is 11.5 Å². The van der Waals surface area contributed by atoms with E-state index in [-0.39, 0.29) is 0 Å². The first kappa shape index (κ1) is 15.3. The van der Waals surface area contributed by atoms with Crippen molar-refractivity contribution in [2.45, 2.75) is 19.3 Å². The van der Waals surface area contributed by atoms with E-state index in [9.17, 15) is 0 Å². The first-order valence-corrected chi connectivity index (χ1v) is 6.93. The van der Waals surface area contributed by atoms with E-state index in [1.807, 2.05) is 25.2 Å². The summed E-state index contributed by atoms with van der Waals surface area (Å²) < 4.78 is 15.7. The minimum atomic E-state index is 0.607. The zero-order chi connectivity index (χ0) is 15.1. The summed E-state index contributed by atoms with van der Waals surface area (Å²) in [6.45, 7) is 0.938. The Bertz CT molecular complexity index is 569. The molecule has 0 saturated carbocycles. The third kappa shape index (κ3) is 4.19. The Kier molecular flexibility index (Phi) is 5.57. The lowest BCUT2D eigenvalue weighted by Gasteiger charge is -2.08. The molecule has 1 N–H and O–H groups in total. The maximum Gasteiger partial charge on any atom is 0.226 e. The van der Waals surface area contributed by atoms with E-state index in [0.29, 0.717) is 29.6 Å². The van der Waals surface area contributed by atoms with E-state index in [1.165, 1.54) is 0 Å². The van der Waals surface area contributed by atoms with Gasteiger partial charge in [0.1, 0.15) is 0 Å². The third-order valence-corrected chi connectivity index (χ3v) is 3.14. The van der Waals surface area contributed by atoms with Crippen molar-refractivity contribution in [3.63, 3.8) is 0 Å². The fourth-order valence-corrected chi connectivity index (χ4v) is 2.05. The average Bonchev–Trinajstić information content (AvgIpc) is 2.95. The summed E-state index contributed by atoms with van der Waals surface area (Å²) in [6, 6.07) is 5.77. The maximum absolute atomic E-state index is 5.29. The molecule has 6 nitrogen and oxygen atoms in total. The van der Waals surface area contributed by atoms with Crippen LogP contribution < -0.4 is 14.8 Å². The van der Waals surface area contributed by atoms with Crippen LogP contribution in [0.3, 0.4) is 0 Å². The highest BCUT2D eigenvalue weighted by atomic mass is 16.5. The molecule has 0 unspecified atom stereocenters. The number of nitrogens with zero attached hydrogens (tertiary/aromatic N) is 2. The van der Waals surface area contributed by atoms with Crippen LogP contribution in [0.15, 0.2) is 22.7 Å². The quantitative estimate of drug-likeness (QED) is 0.748. The molecule has 0 saturated heterocycles. The fourth-order valence-electron chi connectivity index (χ4n) is 2.05. The van der Waals surface area contributed by atoms with Gasteiger partial charge in [-0.1, -0.05) is 11.2 Å². The van der Waals surface area contributed by atoms with Crippen LogP contribution in [0.2, 0.25) is 0 Å². The Labute approximate surface area is 124 Å². The molecule has 114 valence electrons. The van der Waals surface area contributed by atoms with E-state index < -0.39 is 0 Å². The van der Waals surface area contributed by atoms with Crippen molar-refractivity contribution in [1.29, 1.82) is 0 Å². The van der Waals surface area contributed by atoms with Crippen LogP contribution in [0.25, 0.3) is 0 Å². The Morgan fingerprint density at radius 1 is 1.19 bits per heavy atom. The number of ether oxygens (including phenoxy) is 2. The second-order valence-corrected chi connectivity index (χ2v) is 4.68. The summed E-state index contributed by atoms with van der Waals surface area (Å²) in [5, 5.41) is 7.10. The lowest BCUT2D eigenvalue weighted by Crippen LogP contribution is -2.08. The van der Waals surface area contributed by atoms with Crippen LogP contribution in [0.1, 0.15) is 23.7 Å². The van der Waals surface area contributed by atoms with E-state index in [2.05, 4.69) is 15.5 Å². The SMILES string of the molecule is CNCCCc1nc(Cc2ccc(OC)c(OC)c2)no1. The van der Waals surface area contributed by atoms with Gasteiger partial charge in [0.15, 0.2) is 17.3 Å². The number of hydrogen-bond acceptors (Lipinski definition) is 6. The molecule has 2 aromatic rings. The highest BCUT2D eigenvalue weighted by Crippen LogP contribution is 2.28. The predicted octanol–water partition coefficient (Wildman–Crippen LogP) is 1.83. The van der Waals surface area contributed by atoms with Gasteiger partial charge in [0.05, 0.1) is 14.2 Å². The van der Waals surface area contributed by atoms with Gasteiger partial charge in [-0.15, -0.1) is 0 Å². The molecule has 0 fully saturated rings. The summed E-state index contributed by atoms with van der Waals surface area (Å²) in [4.78, 5) is 4.40. The highest BCUT2D eigenvalue weighted by molar-refractivity contribution is 5.43. The molecule has 0 aliphatic rings. The number of aryl methyl sites for hydroxylation is 1. The number of aromatic nitrogens is 2. The number of rotatable bonds is 8. The minimum Gasteiger partial charge on any atom is -0.493 e. The molecule has 0 radical (unpaired) electrons. The van der Waals surface area contributed by atoms with E-state index in [4.69, 9.17) is 14.0 Å². The summed E-state index contributed by atoms with van der Waals surface area (Å²) in [5.41, 5.74) is 1.05. The monoisotopic (exact) mass is 291 g/mol. The van der Waals surface area contributed by atoms with Crippen molar-refractivity contribution in [3.05, 3.63) is 35.5 Å². The minimum absolute atomic E-state index is 0.607. The molecule has 2 rings (SSSR count). The standard InChI is InChI=1S/C15H21N3O3/c1-16-8-4-5-15-17-14(18-21-15)10-11-6-7-12(19-2)13(9-11)20-3/h6-7,9,16H,4-5,8,10H2,1-3H3. The average molecular weight is 291 g/mol. The van der Waals surface area contributed by atoms with Gasteiger partial charge in [-0.05, 0) is 37.7 Å². The smallest absolute Gasteiger partial charge is 0.226 e. The summed E-state index contributed by atoms with van der Waals surface area (Å²) in [5.74, 6) is 2.78. The van der Waals surface area contributed by atoms with Gasteiger partial charge in [-0.2, -0.15) is 4.98 Å². The molecule has 1 aromatic carbocycles. The molecule has 0 bridgehead atoms. The highest BCUT2D eigenvalue weighted by Gasteiger charge is 2.09. The predicted molar refractivity (Wildman–Crippen MR) is 78.9 cm³/mol. The number of nitrogens with one attached hydrogen (secondary N) is 1. The largest absolute Gasteiger partial charge is 0.493 e. The van der Waals surface area contributed by atoms with Gasteiger partial charge in [0.2, 0.25) is 5.89 Å². The molecule has 6 heteroatoms. The second-order valence-electron chi connectivity index (χ2n) is 4.68. The zero-order valence-electron chi connectivity index (χ0n) is 12.7. The number of benzene rings is 1. The van der Waals surface area contributed by atoms with Crippen molar-refractivity contribution in [2.24, 2.45) is 0 Å². The Hall–Kier alpha value is -2.08. The van der Waals surface area contributed by atoms with Gasteiger partial charge in [0.25, 0.3) is 0 Å². The Morgan fingerprint density at radius 3 is 2.71 bits per heavy atom. The van der Waals surface area contributed by atoms with E-state index in [1.54, 1.807) is 14.2 Å². The number of methoxy groups -OCH3 is 2. The molecule has 1 heterocycles. The summed E-state index contributed by atoms with van der Waals surface area (Å²) in [7, 11) is 5.17. The number of hydrogen-bond donors (Lipinski definition) is 1. The Morgan fingerprint density at radius 2 is 2.00 bits per heavy atom. The molecule has 21 heavy (non-hydrogen) atoms. The van der Waals surface area contributed by atoms with Gasteiger partial charge in [-0.3, -0.25) is 0 Å². The van der Waals surface area contributed by atoms with Crippen molar-refractivity contribution in [1.82, 2.24) is 15.5 Å². The van der Waals surface area contributed by atoms with E-state index in [0.717, 1.165) is 24.9 Å². The van der Waals surface area contributed by atoms with Crippen LogP contribution in [0.5, 0.6) is 11.5 Å². The summed E-state index contributed by atoms with van der Waals surface area (Å²) >= 11 is 0. The molecule has 0 spiro atoms. The Balaban J connectivity index is 2.01. The van der Waals surface area contributed by atoms with Crippen molar-refractivity contribution < 1.29 is 14.0 Å². The zero-order valence-corrected chi connectivity index (χ0v) is 12.7. The topological polar surface area (TPSA) is 69.4 Å². The van der Waals surface area contributed by atoms with Gasteiger partial charge >= 0.3 is 0 Å². The second kappa shape index (κ2) is 7.64. The molecule has 0 amide bonds. The molecule has 0 atom stereocenters. The first-order valence-electron chi connectivity index (χ1n) is 6.93. The van der Waals surface area contributed by atoms with Gasteiger partial charge in [-0.25, -0.2) is 0 Å². The fraction of sp³-hybridized carbons (Fsp3) is 0.467. The first-order chi connectivity index (χ1) is 10.3. The van der Waals surface area contributed by atoms with Crippen molar-refractivity contribution in [2.75, 3.05) is 27.8 Å². The molecule has 0 aliphatic carbocycles. The molecular formula is C15H21N3O3. The third-order valence-electron chi connectivity index (χ3n) is 3.14. The van der Waals surface area contributed by atoms with Crippen LogP contribution in [0, 0.1) is 0 Å². The molecule has 1 aromatic heterocycles. The maximum atomic E-state index is 5.29.